The van der Waals surface area contributed by atoms with Crippen molar-refractivity contribution in [2.45, 2.75) is 38.3 Å². The van der Waals surface area contributed by atoms with Gasteiger partial charge in [-0.1, -0.05) is 0 Å². The number of aromatic nitrogens is 2. The summed E-state index contributed by atoms with van der Waals surface area (Å²) in [4.78, 5) is 12.3. The SMILES string of the molecule is CC(NC(=O)C1C2CCC(C2)C1N)c1cn[nH]c1. The second kappa shape index (κ2) is 4.39. The Kier molecular flexibility index (Phi) is 2.86. The summed E-state index contributed by atoms with van der Waals surface area (Å²) in [6.45, 7) is 1.97. The van der Waals surface area contributed by atoms with Crippen LogP contribution in [0.2, 0.25) is 0 Å². The van der Waals surface area contributed by atoms with Crippen LogP contribution in [0.4, 0.5) is 0 Å². The molecule has 2 aliphatic rings. The maximum Gasteiger partial charge on any atom is 0.225 e. The minimum absolute atomic E-state index is 0.0115. The van der Waals surface area contributed by atoms with Gasteiger partial charge in [-0.15, -0.1) is 0 Å². The molecule has 0 radical (unpaired) electrons. The van der Waals surface area contributed by atoms with Gasteiger partial charge in [0.05, 0.1) is 18.2 Å². The molecule has 0 spiro atoms. The van der Waals surface area contributed by atoms with Gasteiger partial charge in [-0.25, -0.2) is 0 Å². The summed E-state index contributed by atoms with van der Waals surface area (Å²) in [6, 6.07) is 0.0443. The van der Waals surface area contributed by atoms with Crippen LogP contribution in [0.25, 0.3) is 0 Å². The second-order valence-electron chi connectivity index (χ2n) is 5.70. The third kappa shape index (κ3) is 1.82. The Morgan fingerprint density at radius 1 is 1.56 bits per heavy atom. The van der Waals surface area contributed by atoms with E-state index in [9.17, 15) is 4.79 Å². The van der Waals surface area contributed by atoms with E-state index >= 15 is 0 Å². The van der Waals surface area contributed by atoms with Crippen molar-refractivity contribution in [2.75, 3.05) is 0 Å². The van der Waals surface area contributed by atoms with Crippen molar-refractivity contribution in [3.63, 3.8) is 0 Å². The lowest BCUT2D eigenvalue weighted by atomic mass is 9.84. The minimum atomic E-state index is -0.0115. The van der Waals surface area contributed by atoms with Crippen molar-refractivity contribution >= 4 is 5.91 Å². The Bertz CT molecular complexity index is 428. The van der Waals surface area contributed by atoms with Gasteiger partial charge in [0.15, 0.2) is 0 Å². The molecule has 2 fully saturated rings. The molecule has 1 aromatic heterocycles. The van der Waals surface area contributed by atoms with Gasteiger partial charge in [0.2, 0.25) is 5.91 Å². The first-order valence-electron chi connectivity index (χ1n) is 6.71. The molecule has 98 valence electrons. The first-order valence-corrected chi connectivity index (χ1v) is 6.71. The van der Waals surface area contributed by atoms with Gasteiger partial charge < -0.3 is 11.1 Å². The monoisotopic (exact) mass is 248 g/mol. The number of carbonyl (C=O) groups excluding carboxylic acids is 1. The molecule has 4 N–H and O–H groups in total. The fourth-order valence-electron chi connectivity index (χ4n) is 3.62. The molecule has 2 bridgehead atoms. The predicted octanol–water partition coefficient (Wildman–Crippen LogP) is 0.960. The Morgan fingerprint density at radius 3 is 2.94 bits per heavy atom. The average molecular weight is 248 g/mol. The Balaban J connectivity index is 1.65. The number of fused-ring (bicyclic) bond motifs is 2. The molecule has 5 atom stereocenters. The van der Waals surface area contributed by atoms with Crippen LogP contribution in [0, 0.1) is 17.8 Å². The van der Waals surface area contributed by atoms with Crippen LogP contribution >= 0.6 is 0 Å². The van der Waals surface area contributed by atoms with Crippen molar-refractivity contribution in [3.05, 3.63) is 18.0 Å². The van der Waals surface area contributed by atoms with Gasteiger partial charge in [0.25, 0.3) is 0 Å². The van der Waals surface area contributed by atoms with E-state index in [0.717, 1.165) is 18.4 Å². The van der Waals surface area contributed by atoms with Crippen LogP contribution in [-0.2, 0) is 4.79 Å². The van der Waals surface area contributed by atoms with E-state index in [1.807, 2.05) is 13.1 Å². The van der Waals surface area contributed by atoms with Crippen molar-refractivity contribution in [1.29, 1.82) is 0 Å². The smallest absolute Gasteiger partial charge is 0.225 e. The summed E-state index contributed by atoms with van der Waals surface area (Å²) in [5.74, 6) is 1.19. The molecule has 5 heteroatoms. The number of aromatic amines is 1. The molecule has 0 saturated heterocycles. The summed E-state index contributed by atoms with van der Waals surface area (Å²) in [5.41, 5.74) is 7.18. The van der Waals surface area contributed by atoms with Crippen molar-refractivity contribution in [1.82, 2.24) is 15.5 Å². The highest BCUT2D eigenvalue weighted by Gasteiger charge is 2.49. The number of H-pyrrole nitrogens is 1. The topological polar surface area (TPSA) is 83.8 Å². The van der Waals surface area contributed by atoms with Gasteiger partial charge in [0.1, 0.15) is 0 Å². The van der Waals surface area contributed by atoms with Crippen LogP contribution < -0.4 is 11.1 Å². The lowest BCUT2D eigenvalue weighted by Crippen LogP contribution is -2.45. The summed E-state index contributed by atoms with van der Waals surface area (Å²) in [6.07, 6.45) is 7.06. The van der Waals surface area contributed by atoms with Gasteiger partial charge in [-0.3, -0.25) is 9.89 Å². The first kappa shape index (κ1) is 11.7. The number of hydrogen-bond acceptors (Lipinski definition) is 3. The lowest BCUT2D eigenvalue weighted by molar-refractivity contribution is -0.127. The molecule has 5 nitrogen and oxygen atoms in total. The Hall–Kier alpha value is -1.36. The van der Waals surface area contributed by atoms with Crippen molar-refractivity contribution in [3.8, 4) is 0 Å². The van der Waals surface area contributed by atoms with E-state index in [0.29, 0.717) is 11.8 Å². The maximum absolute atomic E-state index is 12.3. The third-order valence-corrected chi connectivity index (χ3v) is 4.66. The molecule has 1 aromatic rings. The molecule has 5 unspecified atom stereocenters. The van der Waals surface area contributed by atoms with E-state index in [2.05, 4.69) is 15.5 Å². The van der Waals surface area contributed by atoms with Gasteiger partial charge in [0, 0.05) is 17.8 Å². The number of nitrogens with two attached hydrogens (primary N) is 1. The second-order valence-corrected chi connectivity index (χ2v) is 5.70. The highest BCUT2D eigenvalue weighted by Crippen LogP contribution is 2.47. The third-order valence-electron chi connectivity index (χ3n) is 4.66. The predicted molar refractivity (Wildman–Crippen MR) is 67.4 cm³/mol. The molecule has 0 aromatic carbocycles. The van der Waals surface area contributed by atoms with Gasteiger partial charge >= 0.3 is 0 Å². The first-order chi connectivity index (χ1) is 8.66. The van der Waals surface area contributed by atoms with E-state index in [-0.39, 0.29) is 23.9 Å². The van der Waals surface area contributed by atoms with Crippen LogP contribution in [0.15, 0.2) is 12.4 Å². The fraction of sp³-hybridized carbons (Fsp3) is 0.692. The summed E-state index contributed by atoms with van der Waals surface area (Å²) in [7, 11) is 0. The highest BCUT2D eigenvalue weighted by molar-refractivity contribution is 5.80. The summed E-state index contributed by atoms with van der Waals surface area (Å²) < 4.78 is 0. The molecule has 0 aliphatic heterocycles. The quantitative estimate of drug-likeness (QED) is 0.745. The molecule has 2 aliphatic carbocycles. The summed E-state index contributed by atoms with van der Waals surface area (Å²) in [5, 5.41) is 9.72. The summed E-state index contributed by atoms with van der Waals surface area (Å²) >= 11 is 0. The standard InChI is InChI=1S/C13H20N4O/c1-7(10-5-15-16-6-10)17-13(18)11-8-2-3-9(4-8)12(11)14/h5-9,11-12H,2-4,14H2,1H3,(H,15,16)(H,17,18). The molecule has 1 heterocycles. The molecular formula is C13H20N4O. The lowest BCUT2D eigenvalue weighted by Gasteiger charge is -2.28. The zero-order valence-corrected chi connectivity index (χ0v) is 10.6. The number of nitrogens with zero attached hydrogens (tertiary/aromatic N) is 1. The number of hydrogen-bond donors (Lipinski definition) is 3. The number of carbonyl (C=O) groups is 1. The maximum atomic E-state index is 12.3. The van der Waals surface area contributed by atoms with Gasteiger partial charge in [-0.2, -0.15) is 5.10 Å². The molecule has 2 saturated carbocycles. The number of nitrogens with one attached hydrogen (secondary N) is 2. The van der Waals surface area contributed by atoms with Crippen LogP contribution in [0.5, 0.6) is 0 Å². The molecule has 1 amide bonds. The van der Waals surface area contributed by atoms with Gasteiger partial charge in [-0.05, 0) is 38.0 Å². The van der Waals surface area contributed by atoms with Crippen LogP contribution in [0.3, 0.4) is 0 Å². The largest absolute Gasteiger partial charge is 0.349 e. The average Bonchev–Trinajstić information content (AvgIpc) is 3.05. The zero-order chi connectivity index (χ0) is 12.7. The fourth-order valence-corrected chi connectivity index (χ4v) is 3.62. The van der Waals surface area contributed by atoms with E-state index in [4.69, 9.17) is 5.73 Å². The Morgan fingerprint density at radius 2 is 2.33 bits per heavy atom. The van der Waals surface area contributed by atoms with Crippen LogP contribution in [0.1, 0.15) is 37.8 Å². The molecule has 18 heavy (non-hydrogen) atoms. The number of rotatable bonds is 3. The molecular weight excluding hydrogens is 228 g/mol. The van der Waals surface area contributed by atoms with E-state index in [1.54, 1.807) is 6.20 Å². The Labute approximate surface area is 107 Å². The van der Waals surface area contributed by atoms with Crippen molar-refractivity contribution < 1.29 is 4.79 Å². The number of amides is 1. The minimum Gasteiger partial charge on any atom is -0.349 e. The van der Waals surface area contributed by atoms with E-state index < -0.39 is 0 Å². The zero-order valence-electron chi connectivity index (χ0n) is 10.6. The van der Waals surface area contributed by atoms with E-state index in [1.165, 1.54) is 6.42 Å². The van der Waals surface area contributed by atoms with Crippen molar-refractivity contribution in [2.24, 2.45) is 23.5 Å². The molecule has 3 rings (SSSR count). The highest BCUT2D eigenvalue weighted by atomic mass is 16.2. The normalized spacial score (nSPS) is 35.7. The van der Waals surface area contributed by atoms with Crippen LogP contribution in [-0.4, -0.2) is 22.1 Å².